The average molecular weight is 240 g/mol. The lowest BCUT2D eigenvalue weighted by Gasteiger charge is -2.24. The second-order valence-corrected chi connectivity index (χ2v) is 5.03. The number of hydrogen-bond acceptors (Lipinski definition) is 3. The molecule has 88 valence electrons. The van der Waals surface area contributed by atoms with E-state index in [9.17, 15) is 0 Å². The number of rotatable bonds is 4. The van der Waals surface area contributed by atoms with Crippen LogP contribution >= 0.6 is 11.6 Å². The third-order valence-corrected chi connectivity index (χ3v) is 3.55. The highest BCUT2D eigenvalue weighted by atomic mass is 35.5. The molecule has 1 fully saturated rings. The molecule has 0 atom stereocenters. The van der Waals surface area contributed by atoms with Gasteiger partial charge in [0.15, 0.2) is 0 Å². The lowest BCUT2D eigenvalue weighted by atomic mass is 9.89. The lowest BCUT2D eigenvalue weighted by Crippen LogP contribution is -2.26. The summed E-state index contributed by atoms with van der Waals surface area (Å²) in [7, 11) is 0. The standard InChI is InChI=1S/C12H18ClN3/c13-11-4-2-10(3-5-11)8-14-9-12-15-6-1-7-16-12/h1,6-7,10-11,14H,2-5,8-9H2. The number of aromatic nitrogens is 2. The Labute approximate surface area is 102 Å². The molecule has 0 radical (unpaired) electrons. The molecule has 1 aliphatic rings. The molecule has 0 aromatic carbocycles. The van der Waals surface area contributed by atoms with Crippen LogP contribution in [0.25, 0.3) is 0 Å². The predicted octanol–water partition coefficient (Wildman–Crippen LogP) is 2.36. The van der Waals surface area contributed by atoms with Crippen molar-refractivity contribution >= 4 is 11.6 Å². The van der Waals surface area contributed by atoms with Crippen LogP contribution in [-0.2, 0) is 6.54 Å². The van der Waals surface area contributed by atoms with Gasteiger partial charge >= 0.3 is 0 Å². The van der Waals surface area contributed by atoms with Gasteiger partial charge in [-0.05, 0) is 44.2 Å². The Morgan fingerprint density at radius 1 is 1.19 bits per heavy atom. The molecule has 1 aromatic heterocycles. The smallest absolute Gasteiger partial charge is 0.141 e. The first kappa shape index (κ1) is 11.8. The fourth-order valence-electron chi connectivity index (χ4n) is 2.14. The normalized spacial score (nSPS) is 25.6. The van der Waals surface area contributed by atoms with E-state index >= 15 is 0 Å². The van der Waals surface area contributed by atoms with E-state index in [1.54, 1.807) is 12.4 Å². The van der Waals surface area contributed by atoms with E-state index in [0.29, 0.717) is 5.38 Å². The van der Waals surface area contributed by atoms with Gasteiger partial charge in [-0.25, -0.2) is 9.97 Å². The van der Waals surface area contributed by atoms with Gasteiger partial charge in [-0.2, -0.15) is 0 Å². The van der Waals surface area contributed by atoms with Crippen LogP contribution in [0.15, 0.2) is 18.5 Å². The third-order valence-electron chi connectivity index (χ3n) is 3.11. The Bertz CT molecular complexity index is 296. The summed E-state index contributed by atoms with van der Waals surface area (Å²) < 4.78 is 0. The van der Waals surface area contributed by atoms with Crippen molar-refractivity contribution in [2.75, 3.05) is 6.54 Å². The van der Waals surface area contributed by atoms with Crippen molar-refractivity contribution in [3.63, 3.8) is 0 Å². The molecule has 4 heteroatoms. The quantitative estimate of drug-likeness (QED) is 0.820. The highest BCUT2D eigenvalue weighted by molar-refractivity contribution is 6.20. The molecule has 3 nitrogen and oxygen atoms in total. The van der Waals surface area contributed by atoms with Crippen LogP contribution in [0.2, 0.25) is 0 Å². The van der Waals surface area contributed by atoms with Crippen LogP contribution in [0.5, 0.6) is 0 Å². The predicted molar refractivity (Wildman–Crippen MR) is 65.3 cm³/mol. The van der Waals surface area contributed by atoms with Gasteiger partial charge < -0.3 is 5.32 Å². The molecule has 0 amide bonds. The van der Waals surface area contributed by atoms with E-state index in [1.807, 2.05) is 6.07 Å². The fraction of sp³-hybridized carbons (Fsp3) is 0.667. The highest BCUT2D eigenvalue weighted by Gasteiger charge is 2.18. The molecule has 0 aliphatic heterocycles. The van der Waals surface area contributed by atoms with Crippen molar-refractivity contribution in [3.8, 4) is 0 Å². The molecule has 0 bridgehead atoms. The lowest BCUT2D eigenvalue weighted by molar-refractivity contribution is 0.344. The number of nitrogens with zero attached hydrogens (tertiary/aromatic N) is 2. The van der Waals surface area contributed by atoms with E-state index in [0.717, 1.165) is 37.7 Å². The first-order valence-electron chi connectivity index (χ1n) is 5.95. The summed E-state index contributed by atoms with van der Waals surface area (Å²) in [5.41, 5.74) is 0. The SMILES string of the molecule is ClC1CCC(CNCc2ncccn2)CC1. The van der Waals surface area contributed by atoms with Crippen LogP contribution in [0.3, 0.4) is 0 Å². The largest absolute Gasteiger partial charge is 0.310 e. The number of hydrogen-bond donors (Lipinski definition) is 1. The van der Waals surface area contributed by atoms with E-state index < -0.39 is 0 Å². The average Bonchev–Trinajstić information content (AvgIpc) is 2.33. The monoisotopic (exact) mass is 239 g/mol. The molecule has 2 rings (SSSR count). The molecule has 16 heavy (non-hydrogen) atoms. The molecule has 1 N–H and O–H groups in total. The summed E-state index contributed by atoms with van der Waals surface area (Å²) in [6.45, 7) is 1.82. The maximum absolute atomic E-state index is 6.07. The Morgan fingerprint density at radius 3 is 2.56 bits per heavy atom. The van der Waals surface area contributed by atoms with Crippen LogP contribution in [0.4, 0.5) is 0 Å². The van der Waals surface area contributed by atoms with Crippen LogP contribution in [0.1, 0.15) is 31.5 Å². The molecule has 0 spiro atoms. The molecular formula is C12H18ClN3. The summed E-state index contributed by atoms with van der Waals surface area (Å²) in [6.07, 6.45) is 8.38. The number of halogens is 1. The Balaban J connectivity index is 1.65. The van der Waals surface area contributed by atoms with Crippen molar-refractivity contribution < 1.29 is 0 Å². The Kier molecular flexibility index (Phi) is 4.55. The van der Waals surface area contributed by atoms with Gasteiger partial charge in [0.25, 0.3) is 0 Å². The summed E-state index contributed by atoms with van der Waals surface area (Å²) in [4.78, 5) is 8.36. The maximum atomic E-state index is 6.07. The Morgan fingerprint density at radius 2 is 1.88 bits per heavy atom. The van der Waals surface area contributed by atoms with Gasteiger partial charge in [0.05, 0.1) is 6.54 Å². The van der Waals surface area contributed by atoms with Crippen molar-refractivity contribution in [2.45, 2.75) is 37.6 Å². The van der Waals surface area contributed by atoms with Crippen molar-refractivity contribution in [2.24, 2.45) is 5.92 Å². The highest BCUT2D eigenvalue weighted by Crippen LogP contribution is 2.26. The molecule has 0 unspecified atom stereocenters. The van der Waals surface area contributed by atoms with E-state index in [2.05, 4.69) is 15.3 Å². The van der Waals surface area contributed by atoms with E-state index in [1.165, 1.54) is 12.8 Å². The van der Waals surface area contributed by atoms with Gasteiger partial charge in [0.2, 0.25) is 0 Å². The number of nitrogens with one attached hydrogen (secondary N) is 1. The third kappa shape index (κ3) is 3.72. The molecule has 0 saturated heterocycles. The second kappa shape index (κ2) is 6.16. The van der Waals surface area contributed by atoms with Gasteiger partial charge in [0, 0.05) is 17.8 Å². The minimum Gasteiger partial charge on any atom is -0.310 e. The Hall–Kier alpha value is -0.670. The van der Waals surface area contributed by atoms with Gasteiger partial charge in [-0.1, -0.05) is 0 Å². The molecule has 1 saturated carbocycles. The zero-order valence-corrected chi connectivity index (χ0v) is 10.2. The van der Waals surface area contributed by atoms with Crippen LogP contribution in [-0.4, -0.2) is 21.9 Å². The van der Waals surface area contributed by atoms with E-state index in [-0.39, 0.29) is 0 Å². The van der Waals surface area contributed by atoms with E-state index in [4.69, 9.17) is 11.6 Å². The van der Waals surface area contributed by atoms with Gasteiger partial charge in [-0.15, -0.1) is 11.6 Å². The fourth-order valence-corrected chi connectivity index (χ4v) is 2.39. The van der Waals surface area contributed by atoms with Crippen LogP contribution in [0, 0.1) is 5.92 Å². The van der Waals surface area contributed by atoms with Crippen molar-refractivity contribution in [1.82, 2.24) is 15.3 Å². The molecule has 1 heterocycles. The summed E-state index contributed by atoms with van der Waals surface area (Å²) in [5.74, 6) is 1.65. The summed E-state index contributed by atoms with van der Waals surface area (Å²) >= 11 is 6.07. The topological polar surface area (TPSA) is 37.8 Å². The summed E-state index contributed by atoms with van der Waals surface area (Å²) in [6, 6.07) is 1.84. The first-order valence-corrected chi connectivity index (χ1v) is 6.39. The van der Waals surface area contributed by atoms with Gasteiger partial charge in [0.1, 0.15) is 5.82 Å². The minimum atomic E-state index is 0.411. The zero-order valence-electron chi connectivity index (χ0n) is 9.40. The van der Waals surface area contributed by atoms with Crippen molar-refractivity contribution in [3.05, 3.63) is 24.3 Å². The minimum absolute atomic E-state index is 0.411. The number of alkyl halides is 1. The second-order valence-electron chi connectivity index (χ2n) is 4.41. The zero-order chi connectivity index (χ0) is 11.2. The van der Waals surface area contributed by atoms with Crippen molar-refractivity contribution in [1.29, 1.82) is 0 Å². The molecular weight excluding hydrogens is 222 g/mol. The van der Waals surface area contributed by atoms with Gasteiger partial charge in [-0.3, -0.25) is 0 Å². The van der Waals surface area contributed by atoms with Crippen LogP contribution < -0.4 is 5.32 Å². The maximum Gasteiger partial charge on any atom is 0.141 e. The summed E-state index contributed by atoms with van der Waals surface area (Å²) in [5, 5.41) is 3.83. The first-order chi connectivity index (χ1) is 7.84. The molecule has 1 aromatic rings. The molecule has 1 aliphatic carbocycles.